The van der Waals surface area contributed by atoms with Crippen LogP contribution in [0.2, 0.25) is 0 Å². The van der Waals surface area contributed by atoms with E-state index in [9.17, 15) is 0 Å². The number of rotatable bonds is 15. The number of hydrogen-bond acceptors (Lipinski definition) is 5. The minimum Gasteiger partial charge on any atom is -0.452 e. The topological polar surface area (TPSA) is 34.9 Å². The van der Waals surface area contributed by atoms with Crippen molar-refractivity contribution in [3.8, 4) is 22.3 Å². The number of nitrogens with one attached hydrogen (secondary N) is 1. The smallest absolute Gasteiger partial charge is 0.159 e. The third-order valence-electron chi connectivity index (χ3n) is 12.8. The predicted molar refractivity (Wildman–Crippen MR) is 301 cm³/mol. The number of furan rings is 1. The molecule has 0 radical (unpaired) electrons. The molecule has 0 bridgehead atoms. The standard InChI is InChI=1S/C66H52N4O/c1-2-3-4-17-46-68(60-33-19-23-52(48-60)50-40-44-59(45-41-50)70(56-29-13-7-14-30-56)57-31-15-8-16-32-57)64-37-21-35-62-61-34-20-36-63(65(61)71-66(62)64)67-53-24-18-22-51(47-53)49-38-42-58(43-39-49)69(54-25-9-5-10-26-54)55-27-11-6-12-28-55/h2-5,7-11,13-48,67H,1,6,12H2/b4-3-,46-17-. The normalized spacial score (nSPS) is 12.4. The van der Waals surface area contributed by atoms with Gasteiger partial charge >= 0.3 is 0 Å². The summed E-state index contributed by atoms with van der Waals surface area (Å²) >= 11 is 0. The number of benzene rings is 9. The Morgan fingerprint density at radius 2 is 0.986 bits per heavy atom. The molecule has 0 saturated carbocycles. The molecule has 71 heavy (non-hydrogen) atoms. The monoisotopic (exact) mass is 916 g/mol. The largest absolute Gasteiger partial charge is 0.452 e. The third kappa shape index (κ3) is 9.45. The number of fused-ring (bicyclic) bond motifs is 3. The van der Waals surface area contributed by atoms with Crippen molar-refractivity contribution in [2.75, 3.05) is 20.0 Å². The second kappa shape index (κ2) is 20.5. The van der Waals surface area contributed by atoms with E-state index >= 15 is 0 Å². The molecule has 342 valence electrons. The summed E-state index contributed by atoms with van der Waals surface area (Å²) in [6, 6.07) is 79.2. The maximum absolute atomic E-state index is 6.99. The van der Waals surface area contributed by atoms with Gasteiger partial charge in [0.1, 0.15) is 0 Å². The summed E-state index contributed by atoms with van der Waals surface area (Å²) in [7, 11) is 0. The van der Waals surface area contributed by atoms with E-state index in [2.05, 4.69) is 275 Å². The third-order valence-corrected chi connectivity index (χ3v) is 12.8. The lowest BCUT2D eigenvalue weighted by molar-refractivity contribution is 0.670. The summed E-state index contributed by atoms with van der Waals surface area (Å²) in [5.41, 5.74) is 16.6. The molecule has 1 N–H and O–H groups in total. The van der Waals surface area contributed by atoms with Gasteiger partial charge in [-0.3, -0.25) is 0 Å². The van der Waals surface area contributed by atoms with Crippen LogP contribution in [0.15, 0.2) is 290 Å². The Morgan fingerprint density at radius 1 is 0.437 bits per heavy atom. The van der Waals surface area contributed by atoms with Gasteiger partial charge in [-0.15, -0.1) is 0 Å². The summed E-state index contributed by atoms with van der Waals surface area (Å²) in [6.45, 7) is 3.88. The second-order valence-electron chi connectivity index (χ2n) is 17.4. The first kappa shape index (κ1) is 44.2. The zero-order valence-electron chi connectivity index (χ0n) is 39.4. The Balaban J connectivity index is 0.898. The zero-order chi connectivity index (χ0) is 47.8. The van der Waals surface area contributed by atoms with Crippen molar-refractivity contribution >= 4 is 73.1 Å². The lowest BCUT2D eigenvalue weighted by Crippen LogP contribution is -2.16. The van der Waals surface area contributed by atoms with Crippen molar-refractivity contribution in [3.63, 3.8) is 0 Å². The quantitative estimate of drug-likeness (QED) is 0.104. The molecule has 1 aliphatic rings. The molecule has 1 heterocycles. The lowest BCUT2D eigenvalue weighted by atomic mass is 10.0. The fourth-order valence-corrected chi connectivity index (χ4v) is 9.44. The summed E-state index contributed by atoms with van der Waals surface area (Å²) < 4.78 is 6.99. The van der Waals surface area contributed by atoms with Crippen molar-refractivity contribution in [1.82, 2.24) is 0 Å². The van der Waals surface area contributed by atoms with E-state index in [1.54, 1.807) is 6.08 Å². The average molecular weight is 917 g/mol. The van der Waals surface area contributed by atoms with Gasteiger partial charge in [-0.25, -0.2) is 0 Å². The van der Waals surface area contributed by atoms with Crippen LogP contribution in [0.25, 0.3) is 44.2 Å². The van der Waals surface area contributed by atoms with Crippen LogP contribution >= 0.6 is 0 Å². The Hall–Kier alpha value is -9.32. The van der Waals surface area contributed by atoms with Crippen LogP contribution < -0.4 is 20.0 Å². The molecular formula is C66H52N4O. The highest BCUT2D eigenvalue weighted by Crippen LogP contribution is 2.43. The molecule has 0 amide bonds. The second-order valence-corrected chi connectivity index (χ2v) is 17.4. The van der Waals surface area contributed by atoms with E-state index < -0.39 is 0 Å². The van der Waals surface area contributed by atoms with Crippen LogP contribution in [0.5, 0.6) is 0 Å². The summed E-state index contributed by atoms with van der Waals surface area (Å²) in [5, 5.41) is 5.80. The van der Waals surface area contributed by atoms with Gasteiger partial charge in [-0.2, -0.15) is 0 Å². The highest BCUT2D eigenvalue weighted by Gasteiger charge is 2.20. The molecule has 0 spiro atoms. The molecule has 1 aromatic heterocycles. The van der Waals surface area contributed by atoms with Crippen LogP contribution in [0.1, 0.15) is 12.8 Å². The maximum atomic E-state index is 6.99. The Kier molecular flexibility index (Phi) is 12.8. The minimum atomic E-state index is 0.793. The molecule has 0 fully saturated rings. The van der Waals surface area contributed by atoms with Gasteiger partial charge < -0.3 is 24.4 Å². The van der Waals surface area contributed by atoms with Crippen molar-refractivity contribution in [2.24, 2.45) is 0 Å². The maximum Gasteiger partial charge on any atom is 0.159 e. The van der Waals surface area contributed by atoms with Gasteiger partial charge in [0.15, 0.2) is 11.2 Å². The van der Waals surface area contributed by atoms with Gasteiger partial charge in [0.05, 0.1) is 11.4 Å². The fourth-order valence-electron chi connectivity index (χ4n) is 9.44. The molecule has 0 unspecified atom stereocenters. The Bertz CT molecular complexity index is 3530. The molecule has 0 atom stereocenters. The van der Waals surface area contributed by atoms with Crippen LogP contribution in [-0.4, -0.2) is 0 Å². The van der Waals surface area contributed by atoms with E-state index in [0.29, 0.717) is 0 Å². The molecule has 5 heteroatoms. The minimum absolute atomic E-state index is 0.793. The van der Waals surface area contributed by atoms with Crippen molar-refractivity contribution < 1.29 is 4.42 Å². The average Bonchev–Trinajstić information content (AvgIpc) is 3.83. The summed E-state index contributed by atoms with van der Waals surface area (Å²) in [6.07, 6.45) is 18.7. The van der Waals surface area contributed by atoms with Crippen molar-refractivity contribution in [3.05, 3.63) is 285 Å². The van der Waals surface area contributed by atoms with Gasteiger partial charge in [0.25, 0.3) is 0 Å². The molecule has 10 aromatic rings. The van der Waals surface area contributed by atoms with E-state index in [0.717, 1.165) is 108 Å². The van der Waals surface area contributed by atoms with Gasteiger partial charge in [0, 0.05) is 62.5 Å². The van der Waals surface area contributed by atoms with Crippen LogP contribution in [0.3, 0.4) is 0 Å². The van der Waals surface area contributed by atoms with Crippen LogP contribution in [-0.2, 0) is 0 Å². The first-order valence-electron chi connectivity index (χ1n) is 24.2. The van der Waals surface area contributed by atoms with Crippen LogP contribution in [0, 0.1) is 0 Å². The number of anilines is 9. The van der Waals surface area contributed by atoms with Crippen LogP contribution in [0.4, 0.5) is 51.2 Å². The SMILES string of the molecule is C=C/C=C\C=C/N(c1cccc(-c2ccc(N(c3ccccc3)c3ccccc3)cc2)c1)c1cccc2c1oc1c(Nc3cccc(-c4ccc(N(C5=CCCC=C5)c5ccccc5)cc4)c3)cccc12. The van der Waals surface area contributed by atoms with E-state index in [1.165, 1.54) is 5.70 Å². The summed E-state index contributed by atoms with van der Waals surface area (Å²) in [5.74, 6) is 0. The van der Waals surface area contributed by atoms with Crippen molar-refractivity contribution in [1.29, 1.82) is 0 Å². The highest BCUT2D eigenvalue weighted by molar-refractivity contribution is 6.13. The molecule has 11 rings (SSSR count). The number of nitrogens with zero attached hydrogens (tertiary/aromatic N) is 3. The van der Waals surface area contributed by atoms with E-state index in [1.807, 2.05) is 18.2 Å². The van der Waals surface area contributed by atoms with E-state index in [-0.39, 0.29) is 0 Å². The Labute approximate surface area is 416 Å². The van der Waals surface area contributed by atoms with Crippen molar-refractivity contribution in [2.45, 2.75) is 12.8 Å². The molecule has 0 aliphatic heterocycles. The first-order chi connectivity index (χ1) is 35.2. The Morgan fingerprint density at radius 3 is 1.62 bits per heavy atom. The first-order valence-corrected chi connectivity index (χ1v) is 24.2. The number of hydrogen-bond donors (Lipinski definition) is 1. The van der Waals surface area contributed by atoms with Gasteiger partial charge in [-0.1, -0.05) is 164 Å². The molecular weight excluding hydrogens is 865 g/mol. The predicted octanol–water partition coefficient (Wildman–Crippen LogP) is 18.9. The highest BCUT2D eigenvalue weighted by atomic mass is 16.3. The number of allylic oxidation sites excluding steroid dienone is 7. The summed E-state index contributed by atoms with van der Waals surface area (Å²) in [4.78, 5) is 6.81. The van der Waals surface area contributed by atoms with E-state index in [4.69, 9.17) is 4.42 Å². The molecule has 5 nitrogen and oxygen atoms in total. The zero-order valence-corrected chi connectivity index (χ0v) is 39.4. The lowest BCUT2D eigenvalue weighted by Gasteiger charge is -2.27. The van der Waals surface area contributed by atoms with Gasteiger partial charge in [0.2, 0.25) is 0 Å². The fraction of sp³-hybridized carbons (Fsp3) is 0.0303. The van der Waals surface area contributed by atoms with Gasteiger partial charge in [-0.05, 0) is 144 Å². The molecule has 1 aliphatic carbocycles. The number of para-hydroxylation sites is 5. The molecule has 0 saturated heterocycles. The molecule has 9 aromatic carbocycles.